The fourth-order valence-corrected chi connectivity index (χ4v) is 4.96. The molecular weight excluding hydrogens is 610 g/mol. The first-order valence-corrected chi connectivity index (χ1v) is 16.3. The number of amides is 2. The third-order valence-electron chi connectivity index (χ3n) is 6.71. The number of rotatable bonds is 21. The quantitative estimate of drug-likeness (QED) is 0.0321. The molecule has 2 saturated heterocycles. The lowest BCUT2D eigenvalue weighted by atomic mass is 9.93. The molecule has 2 amide bonds. The predicted octanol–water partition coefficient (Wildman–Crippen LogP) is -2.65. The molecule has 2 heterocycles. The molecule has 2 aliphatic heterocycles. The molecule has 44 heavy (non-hydrogen) atoms. The van der Waals surface area contributed by atoms with E-state index in [0.29, 0.717) is 19.4 Å². The number of methoxy groups -OCH3 is 1. The second-order valence-corrected chi connectivity index (χ2v) is 12.2. The van der Waals surface area contributed by atoms with Crippen LogP contribution < -0.4 is 10.6 Å². The number of aliphatic hydroxyl groups is 3. The van der Waals surface area contributed by atoms with Crippen LogP contribution in [0.4, 0.5) is 0 Å². The summed E-state index contributed by atoms with van der Waals surface area (Å²) in [6.45, 7) is 2.69. The summed E-state index contributed by atoms with van der Waals surface area (Å²) in [7, 11) is 3.69. The molecule has 6 N–H and O–H groups in total. The lowest BCUT2D eigenvalue weighted by molar-refractivity contribution is -0.270. The molecule has 0 bridgehead atoms. The van der Waals surface area contributed by atoms with Crippen LogP contribution in [0.5, 0.6) is 0 Å². The van der Waals surface area contributed by atoms with Gasteiger partial charge in [0.1, 0.15) is 57.3 Å². The van der Waals surface area contributed by atoms with Gasteiger partial charge >= 0.3 is 7.60 Å². The fraction of sp³-hybridized carbons (Fsp3) is 0.920. The average Bonchev–Trinajstić information content (AvgIpc) is 3.27. The largest absolute Gasteiger partial charge is 0.394 e. The molecule has 0 aliphatic carbocycles. The van der Waals surface area contributed by atoms with E-state index >= 15 is 0 Å². The topological polar surface area (TPSA) is 230 Å². The summed E-state index contributed by atoms with van der Waals surface area (Å²) >= 11 is 0. The van der Waals surface area contributed by atoms with Gasteiger partial charge < -0.3 is 68.5 Å². The Balaban J connectivity index is 1.50. The van der Waals surface area contributed by atoms with Crippen molar-refractivity contribution >= 4 is 27.3 Å². The minimum Gasteiger partial charge on any atom is -0.394 e. The Kier molecular flexibility index (Phi) is 17.8. The van der Waals surface area contributed by atoms with Crippen molar-refractivity contribution in [2.75, 3.05) is 66.8 Å². The normalized spacial score (nSPS) is 31.8. The SMILES string of the molecule is [B][C@@H]1O[C@H](COP(C)(=O)O)[C@@H](OC)[C@H]1OCOCCOCCNC(=O)CCCCO[C@@H]1O[C@H](CO)[C@H](O)[C@H](O)[C@H]1NC(C)=O. The van der Waals surface area contributed by atoms with Crippen molar-refractivity contribution in [2.24, 2.45) is 0 Å². The number of nitrogens with one attached hydrogen (secondary N) is 2. The smallest absolute Gasteiger partial charge is 0.325 e. The number of hydrogen-bond donors (Lipinski definition) is 6. The molecule has 2 rings (SSSR count). The molecule has 254 valence electrons. The molecule has 1 unspecified atom stereocenters. The molecule has 17 nitrogen and oxygen atoms in total. The van der Waals surface area contributed by atoms with E-state index < -0.39 is 75.1 Å². The molecule has 0 aromatic heterocycles. The van der Waals surface area contributed by atoms with Crippen LogP contribution in [-0.4, -0.2) is 162 Å². The molecule has 2 fully saturated rings. The summed E-state index contributed by atoms with van der Waals surface area (Å²) in [4.78, 5) is 32.8. The van der Waals surface area contributed by atoms with Crippen LogP contribution in [0.2, 0.25) is 0 Å². The summed E-state index contributed by atoms with van der Waals surface area (Å²) in [5.41, 5.74) is 0. The first kappa shape index (κ1) is 38.9. The standard InChI is InChI=1S/C25H46BN2O15P/c1-15(30)28-19-21(33)20(32)16(12-29)43-25(19)39-8-5-4-6-18(31)27-7-9-37-10-11-38-14-40-23-22(36-2)17(42-24(23)26)13-41-44(3,34)35/h16-17,19-25,29,32-33H,4-14H2,1-3H3,(H,27,31)(H,28,30)(H,34,35)/t16-,17-,19-,20+,21-,22-,23-,24-,25-/m1/s1. The highest BCUT2D eigenvalue weighted by atomic mass is 31.2. The zero-order valence-electron chi connectivity index (χ0n) is 25.3. The van der Waals surface area contributed by atoms with E-state index in [4.69, 9.17) is 45.5 Å². The molecule has 2 radical (unpaired) electrons. The summed E-state index contributed by atoms with van der Waals surface area (Å²) < 4.78 is 54.7. The number of hydrogen-bond acceptors (Lipinski definition) is 14. The van der Waals surface area contributed by atoms with Crippen LogP contribution in [0, 0.1) is 0 Å². The van der Waals surface area contributed by atoms with E-state index in [9.17, 15) is 34.4 Å². The fourth-order valence-electron chi connectivity index (χ4n) is 4.53. The summed E-state index contributed by atoms with van der Waals surface area (Å²) in [6.07, 6.45) is -5.65. The zero-order chi connectivity index (χ0) is 32.7. The van der Waals surface area contributed by atoms with E-state index in [1.165, 1.54) is 14.0 Å². The van der Waals surface area contributed by atoms with Crippen LogP contribution in [0.15, 0.2) is 0 Å². The average molecular weight is 656 g/mol. The van der Waals surface area contributed by atoms with Gasteiger partial charge in [-0.2, -0.15) is 0 Å². The first-order chi connectivity index (χ1) is 20.9. The highest BCUT2D eigenvalue weighted by molar-refractivity contribution is 7.51. The molecular formula is C25H46BN2O15P. The third-order valence-corrected chi connectivity index (χ3v) is 7.34. The Morgan fingerprint density at radius 1 is 0.977 bits per heavy atom. The number of carbonyl (C=O) groups is 2. The lowest BCUT2D eigenvalue weighted by Gasteiger charge is -2.42. The number of aliphatic hydroxyl groups excluding tert-OH is 3. The summed E-state index contributed by atoms with van der Waals surface area (Å²) in [5, 5.41) is 34.9. The third kappa shape index (κ3) is 13.6. The van der Waals surface area contributed by atoms with E-state index in [1.807, 2.05) is 0 Å². The Hall–Kier alpha value is -1.25. The van der Waals surface area contributed by atoms with Gasteiger partial charge in [0.2, 0.25) is 11.8 Å². The van der Waals surface area contributed by atoms with E-state index in [2.05, 4.69) is 10.6 Å². The van der Waals surface area contributed by atoms with Crippen LogP contribution in [-0.2, 0) is 51.8 Å². The van der Waals surface area contributed by atoms with Gasteiger partial charge in [0, 0.05) is 46.3 Å². The van der Waals surface area contributed by atoms with Gasteiger partial charge in [-0.3, -0.25) is 14.2 Å². The second-order valence-electron chi connectivity index (χ2n) is 10.3. The first-order valence-electron chi connectivity index (χ1n) is 14.3. The Morgan fingerprint density at radius 3 is 2.36 bits per heavy atom. The Morgan fingerprint density at radius 2 is 1.70 bits per heavy atom. The van der Waals surface area contributed by atoms with E-state index in [0.717, 1.165) is 6.66 Å². The number of ether oxygens (including phenoxy) is 7. The van der Waals surface area contributed by atoms with Crippen LogP contribution >= 0.6 is 7.60 Å². The maximum atomic E-state index is 12.1. The van der Waals surface area contributed by atoms with Gasteiger partial charge in [0.15, 0.2) is 6.29 Å². The van der Waals surface area contributed by atoms with Crippen molar-refractivity contribution in [3.63, 3.8) is 0 Å². The van der Waals surface area contributed by atoms with Gasteiger partial charge in [0.25, 0.3) is 0 Å². The highest BCUT2D eigenvalue weighted by Crippen LogP contribution is 2.38. The summed E-state index contributed by atoms with van der Waals surface area (Å²) in [5.74, 6) is -0.615. The van der Waals surface area contributed by atoms with Crippen LogP contribution in [0.3, 0.4) is 0 Å². The monoisotopic (exact) mass is 656 g/mol. The molecule has 0 spiro atoms. The second kappa shape index (κ2) is 20.1. The van der Waals surface area contributed by atoms with Crippen LogP contribution in [0.25, 0.3) is 0 Å². The van der Waals surface area contributed by atoms with Crippen LogP contribution in [0.1, 0.15) is 26.2 Å². The molecule has 19 heteroatoms. The Bertz CT molecular complexity index is 902. The maximum Gasteiger partial charge on any atom is 0.325 e. The lowest BCUT2D eigenvalue weighted by Crippen LogP contribution is -2.64. The minimum atomic E-state index is -3.68. The molecule has 10 atom stereocenters. The maximum absolute atomic E-state index is 12.1. The van der Waals surface area contributed by atoms with Gasteiger partial charge in [-0.25, -0.2) is 0 Å². The van der Waals surface area contributed by atoms with E-state index in [1.54, 1.807) is 0 Å². The van der Waals surface area contributed by atoms with Crippen molar-refractivity contribution in [3.05, 3.63) is 0 Å². The van der Waals surface area contributed by atoms with Gasteiger partial charge in [0.05, 0.1) is 33.0 Å². The number of carbonyl (C=O) groups excluding carboxylic acids is 2. The Labute approximate surface area is 258 Å². The van der Waals surface area contributed by atoms with Crippen molar-refractivity contribution in [1.29, 1.82) is 0 Å². The molecule has 2 aliphatic rings. The van der Waals surface area contributed by atoms with E-state index in [-0.39, 0.29) is 52.2 Å². The molecule has 0 aromatic rings. The minimum absolute atomic E-state index is 0.115. The molecule has 0 saturated carbocycles. The van der Waals surface area contributed by atoms with Crippen molar-refractivity contribution in [1.82, 2.24) is 10.6 Å². The van der Waals surface area contributed by atoms with Crippen molar-refractivity contribution in [3.8, 4) is 0 Å². The molecule has 0 aromatic carbocycles. The van der Waals surface area contributed by atoms with Gasteiger partial charge in [-0.1, -0.05) is 0 Å². The van der Waals surface area contributed by atoms with Crippen molar-refractivity contribution in [2.45, 2.75) is 81.1 Å². The van der Waals surface area contributed by atoms with Gasteiger partial charge in [-0.15, -0.1) is 0 Å². The predicted molar refractivity (Wildman–Crippen MR) is 152 cm³/mol. The van der Waals surface area contributed by atoms with Crippen molar-refractivity contribution < 1.29 is 72.0 Å². The summed E-state index contributed by atoms with van der Waals surface area (Å²) in [6, 6.07) is -1.85. The highest BCUT2D eigenvalue weighted by Gasteiger charge is 2.45. The zero-order valence-corrected chi connectivity index (χ0v) is 26.2. The van der Waals surface area contributed by atoms with Gasteiger partial charge in [-0.05, 0) is 12.8 Å². The number of unbranched alkanes of at least 4 members (excludes halogenated alkanes) is 1.